The molecule has 0 spiro atoms. The summed E-state index contributed by atoms with van der Waals surface area (Å²) in [5, 5.41) is 10.8. The second kappa shape index (κ2) is 6.11. The van der Waals surface area contributed by atoms with E-state index in [9.17, 15) is 4.79 Å². The zero-order chi connectivity index (χ0) is 13.0. The van der Waals surface area contributed by atoms with E-state index in [4.69, 9.17) is 40.1 Å². The number of carbonyl (C=O) groups is 1. The van der Waals surface area contributed by atoms with Crippen LogP contribution in [0.5, 0.6) is 0 Å². The fourth-order valence-electron chi connectivity index (χ4n) is 1.28. The summed E-state index contributed by atoms with van der Waals surface area (Å²) in [7, 11) is 0. The Morgan fingerprint density at radius 3 is 2.65 bits per heavy atom. The highest BCUT2D eigenvalue weighted by atomic mass is 35.5. The van der Waals surface area contributed by atoms with Gasteiger partial charge in [0.2, 0.25) is 0 Å². The van der Waals surface area contributed by atoms with Gasteiger partial charge in [0, 0.05) is 10.0 Å². The standard InChI is InChI=1S/C11H9Cl3N2O/c1-6(16-11(17)10(14)5-15)8-3-2-7(12)4-9(8)13/h2-4,6,10H,1H3,(H,16,17). The smallest absolute Gasteiger partial charge is 0.253 e. The first-order valence-electron chi connectivity index (χ1n) is 4.74. The Morgan fingerprint density at radius 1 is 1.47 bits per heavy atom. The highest BCUT2D eigenvalue weighted by Crippen LogP contribution is 2.26. The quantitative estimate of drug-likeness (QED) is 0.869. The van der Waals surface area contributed by atoms with E-state index in [1.807, 2.05) is 0 Å². The van der Waals surface area contributed by atoms with Crippen molar-refractivity contribution in [2.24, 2.45) is 0 Å². The summed E-state index contributed by atoms with van der Waals surface area (Å²) in [5.41, 5.74) is 0.714. The Balaban J connectivity index is 2.80. The highest BCUT2D eigenvalue weighted by Gasteiger charge is 2.18. The predicted octanol–water partition coefficient (Wildman–Crippen LogP) is 3.30. The highest BCUT2D eigenvalue weighted by molar-refractivity contribution is 6.35. The summed E-state index contributed by atoms with van der Waals surface area (Å²) in [6, 6.07) is 6.27. The zero-order valence-electron chi connectivity index (χ0n) is 8.88. The molecule has 0 aliphatic carbocycles. The molecule has 1 amide bonds. The summed E-state index contributed by atoms with van der Waals surface area (Å²) >= 11 is 17.2. The minimum Gasteiger partial charge on any atom is -0.347 e. The third kappa shape index (κ3) is 3.78. The molecule has 0 bridgehead atoms. The van der Waals surface area contributed by atoms with Gasteiger partial charge in [-0.1, -0.05) is 40.9 Å². The molecule has 6 heteroatoms. The van der Waals surface area contributed by atoms with Crippen LogP contribution >= 0.6 is 34.8 Å². The van der Waals surface area contributed by atoms with Crippen LogP contribution in [0.4, 0.5) is 0 Å². The molecule has 3 nitrogen and oxygen atoms in total. The molecule has 0 heterocycles. The maximum atomic E-state index is 11.4. The SMILES string of the molecule is CC(NC(=O)C(Cl)C#N)c1ccc(Cl)cc1Cl. The number of hydrogen-bond donors (Lipinski definition) is 1. The third-order valence-corrected chi connectivity index (χ3v) is 2.99. The topological polar surface area (TPSA) is 52.9 Å². The van der Waals surface area contributed by atoms with Gasteiger partial charge in [0.15, 0.2) is 5.38 Å². The van der Waals surface area contributed by atoms with Gasteiger partial charge < -0.3 is 5.32 Å². The van der Waals surface area contributed by atoms with Crippen molar-refractivity contribution in [1.29, 1.82) is 5.26 Å². The molecule has 0 saturated carbocycles. The number of rotatable bonds is 3. The van der Waals surface area contributed by atoms with E-state index in [1.165, 1.54) is 0 Å². The molecular weight excluding hydrogens is 282 g/mol. The van der Waals surface area contributed by atoms with Crippen LogP contribution < -0.4 is 5.32 Å². The second-order valence-electron chi connectivity index (χ2n) is 3.39. The van der Waals surface area contributed by atoms with Gasteiger partial charge in [0.05, 0.1) is 12.1 Å². The van der Waals surface area contributed by atoms with Crippen LogP contribution in [-0.2, 0) is 4.79 Å². The molecular formula is C11H9Cl3N2O. The second-order valence-corrected chi connectivity index (χ2v) is 4.67. The van der Waals surface area contributed by atoms with Gasteiger partial charge in [-0.2, -0.15) is 5.26 Å². The van der Waals surface area contributed by atoms with Gasteiger partial charge in [0.1, 0.15) is 0 Å². The number of nitriles is 1. The van der Waals surface area contributed by atoms with Crippen molar-refractivity contribution in [3.05, 3.63) is 33.8 Å². The fourth-order valence-corrected chi connectivity index (χ4v) is 1.91. The van der Waals surface area contributed by atoms with Crippen molar-refractivity contribution in [3.8, 4) is 6.07 Å². The van der Waals surface area contributed by atoms with Gasteiger partial charge in [-0.05, 0) is 24.6 Å². The van der Waals surface area contributed by atoms with Gasteiger partial charge in [-0.25, -0.2) is 0 Å². The molecule has 2 atom stereocenters. The van der Waals surface area contributed by atoms with Gasteiger partial charge in [-0.15, -0.1) is 0 Å². The molecule has 2 unspecified atom stereocenters. The maximum Gasteiger partial charge on any atom is 0.253 e. The van der Waals surface area contributed by atoms with Crippen molar-refractivity contribution in [2.45, 2.75) is 18.3 Å². The Hall–Kier alpha value is -0.950. The molecule has 0 aromatic heterocycles. The van der Waals surface area contributed by atoms with Crippen LogP contribution in [0, 0.1) is 11.3 Å². The molecule has 0 aliphatic rings. The van der Waals surface area contributed by atoms with E-state index in [2.05, 4.69) is 5.32 Å². The summed E-state index contributed by atoms with van der Waals surface area (Å²) < 4.78 is 0. The minimum absolute atomic E-state index is 0.345. The van der Waals surface area contributed by atoms with Crippen molar-refractivity contribution < 1.29 is 4.79 Å². The summed E-state index contributed by atoms with van der Waals surface area (Å²) in [6.07, 6.45) is 0. The Labute approximate surface area is 114 Å². The van der Waals surface area contributed by atoms with Crippen molar-refractivity contribution in [2.75, 3.05) is 0 Å². The number of alkyl halides is 1. The average molecular weight is 292 g/mol. The largest absolute Gasteiger partial charge is 0.347 e. The lowest BCUT2D eigenvalue weighted by Crippen LogP contribution is -2.32. The van der Waals surface area contributed by atoms with Crippen LogP contribution in [0.25, 0.3) is 0 Å². The fraction of sp³-hybridized carbons (Fsp3) is 0.273. The number of halogens is 3. The number of nitrogens with zero attached hydrogens (tertiary/aromatic N) is 1. The minimum atomic E-state index is -1.21. The van der Waals surface area contributed by atoms with Crippen LogP contribution in [0.2, 0.25) is 10.0 Å². The molecule has 0 fully saturated rings. The van der Waals surface area contributed by atoms with Gasteiger partial charge >= 0.3 is 0 Å². The molecule has 17 heavy (non-hydrogen) atoms. The summed E-state index contributed by atoms with van der Waals surface area (Å²) in [4.78, 5) is 11.4. The maximum absolute atomic E-state index is 11.4. The van der Waals surface area contributed by atoms with Crippen molar-refractivity contribution in [1.82, 2.24) is 5.32 Å². The number of hydrogen-bond acceptors (Lipinski definition) is 2. The Kier molecular flexibility index (Phi) is 5.07. The molecule has 1 rings (SSSR count). The molecule has 0 saturated heterocycles. The zero-order valence-corrected chi connectivity index (χ0v) is 11.1. The molecule has 1 N–H and O–H groups in total. The molecule has 0 aliphatic heterocycles. The van der Waals surface area contributed by atoms with E-state index >= 15 is 0 Å². The van der Waals surface area contributed by atoms with Gasteiger partial charge in [-0.3, -0.25) is 4.79 Å². The lowest BCUT2D eigenvalue weighted by molar-refractivity contribution is -0.120. The third-order valence-electron chi connectivity index (χ3n) is 2.13. The number of benzene rings is 1. The lowest BCUT2D eigenvalue weighted by Gasteiger charge is -2.16. The number of amides is 1. The molecule has 0 radical (unpaired) electrons. The lowest BCUT2D eigenvalue weighted by atomic mass is 10.1. The Morgan fingerprint density at radius 2 is 2.12 bits per heavy atom. The predicted molar refractivity (Wildman–Crippen MR) is 68.3 cm³/mol. The Bertz CT molecular complexity index is 470. The average Bonchev–Trinajstić information content (AvgIpc) is 2.27. The van der Waals surface area contributed by atoms with Crippen LogP contribution in [0.3, 0.4) is 0 Å². The van der Waals surface area contributed by atoms with Crippen molar-refractivity contribution >= 4 is 40.7 Å². The van der Waals surface area contributed by atoms with Crippen LogP contribution in [-0.4, -0.2) is 11.3 Å². The van der Waals surface area contributed by atoms with E-state index in [-0.39, 0.29) is 6.04 Å². The number of nitrogens with one attached hydrogen (secondary N) is 1. The normalized spacial score (nSPS) is 13.6. The van der Waals surface area contributed by atoms with Crippen LogP contribution in [0.15, 0.2) is 18.2 Å². The summed E-state index contributed by atoms with van der Waals surface area (Å²) in [5.74, 6) is -0.548. The molecule has 90 valence electrons. The number of carbonyl (C=O) groups excluding carboxylic acids is 1. The van der Waals surface area contributed by atoms with E-state index in [1.54, 1.807) is 31.2 Å². The van der Waals surface area contributed by atoms with Crippen LogP contribution in [0.1, 0.15) is 18.5 Å². The molecule has 1 aromatic rings. The monoisotopic (exact) mass is 290 g/mol. The molecule has 1 aromatic carbocycles. The van der Waals surface area contributed by atoms with E-state index in [0.29, 0.717) is 15.6 Å². The first kappa shape index (κ1) is 14.1. The first-order valence-corrected chi connectivity index (χ1v) is 5.94. The van der Waals surface area contributed by atoms with Crippen molar-refractivity contribution in [3.63, 3.8) is 0 Å². The first-order chi connectivity index (χ1) is 7.95. The summed E-state index contributed by atoms with van der Waals surface area (Å²) in [6.45, 7) is 1.74. The van der Waals surface area contributed by atoms with E-state index in [0.717, 1.165) is 0 Å². The van der Waals surface area contributed by atoms with E-state index < -0.39 is 11.3 Å². The van der Waals surface area contributed by atoms with Gasteiger partial charge in [0.25, 0.3) is 5.91 Å².